The summed E-state index contributed by atoms with van der Waals surface area (Å²) in [6.45, 7) is 17.5. The van der Waals surface area contributed by atoms with Crippen LogP contribution in [0.3, 0.4) is 0 Å². The van der Waals surface area contributed by atoms with Gasteiger partial charge in [-0.1, -0.05) is 48.5 Å². The Labute approximate surface area is 155 Å². The van der Waals surface area contributed by atoms with Crippen LogP contribution < -0.4 is 5.32 Å². The SMILES string of the molecule is CC.CCC(=O)CCC(C)C.CCOCCNC(=O)C(C)(C)CCO. The maximum absolute atomic E-state index is 11.5. The van der Waals surface area contributed by atoms with Gasteiger partial charge in [0.25, 0.3) is 0 Å². The van der Waals surface area contributed by atoms with Crippen molar-refractivity contribution in [1.29, 1.82) is 0 Å². The molecule has 0 atom stereocenters. The minimum Gasteiger partial charge on any atom is -0.396 e. The average molecular weight is 362 g/mol. The van der Waals surface area contributed by atoms with Gasteiger partial charge in [-0.25, -0.2) is 0 Å². The lowest BCUT2D eigenvalue weighted by atomic mass is 9.89. The fourth-order valence-electron chi connectivity index (χ4n) is 1.64. The zero-order chi connectivity index (χ0) is 20.3. The topological polar surface area (TPSA) is 75.6 Å². The lowest BCUT2D eigenvalue weighted by Gasteiger charge is -2.22. The quantitative estimate of drug-likeness (QED) is 0.546. The van der Waals surface area contributed by atoms with Crippen molar-refractivity contribution in [2.24, 2.45) is 11.3 Å². The Bertz CT molecular complexity index is 315. The van der Waals surface area contributed by atoms with E-state index in [1.165, 1.54) is 0 Å². The number of nitrogens with one attached hydrogen (secondary N) is 1. The first kappa shape index (κ1) is 28.8. The highest BCUT2D eigenvalue weighted by atomic mass is 16.5. The molecule has 0 fully saturated rings. The number of hydrogen-bond acceptors (Lipinski definition) is 4. The van der Waals surface area contributed by atoms with Crippen LogP contribution in [0.15, 0.2) is 0 Å². The Morgan fingerprint density at radius 1 is 1.16 bits per heavy atom. The van der Waals surface area contributed by atoms with E-state index in [1.807, 2.05) is 41.5 Å². The second-order valence-electron chi connectivity index (χ2n) is 6.64. The number of carbonyl (C=O) groups excluding carboxylic acids is 2. The molecular formula is C20H43NO4. The fraction of sp³-hybridized carbons (Fsp3) is 0.900. The molecule has 0 spiro atoms. The van der Waals surface area contributed by atoms with E-state index in [0.29, 0.717) is 44.3 Å². The summed E-state index contributed by atoms with van der Waals surface area (Å²) in [6.07, 6.45) is 3.00. The molecule has 0 aromatic carbocycles. The number of carbonyl (C=O) groups is 2. The van der Waals surface area contributed by atoms with Gasteiger partial charge < -0.3 is 15.2 Å². The predicted molar refractivity (Wildman–Crippen MR) is 106 cm³/mol. The molecule has 0 aliphatic carbocycles. The van der Waals surface area contributed by atoms with Crippen molar-refractivity contribution in [2.45, 2.75) is 81.1 Å². The summed E-state index contributed by atoms with van der Waals surface area (Å²) in [5.74, 6) is 1.02. The molecule has 0 radical (unpaired) electrons. The first-order valence-electron chi connectivity index (χ1n) is 9.69. The summed E-state index contributed by atoms with van der Waals surface area (Å²) >= 11 is 0. The number of Topliss-reactive ketones (excluding diaryl/α,β-unsaturated/α-hetero) is 1. The number of rotatable bonds is 11. The Morgan fingerprint density at radius 2 is 1.72 bits per heavy atom. The third kappa shape index (κ3) is 21.0. The molecule has 2 N–H and O–H groups in total. The number of ether oxygens (including phenoxy) is 1. The molecule has 0 aliphatic heterocycles. The number of hydrogen-bond donors (Lipinski definition) is 2. The van der Waals surface area contributed by atoms with Gasteiger partial charge in [0.1, 0.15) is 5.78 Å². The third-order valence-corrected chi connectivity index (χ3v) is 3.48. The summed E-state index contributed by atoms with van der Waals surface area (Å²) < 4.78 is 5.09. The lowest BCUT2D eigenvalue weighted by molar-refractivity contribution is -0.130. The van der Waals surface area contributed by atoms with E-state index in [4.69, 9.17) is 9.84 Å². The molecule has 0 aromatic heterocycles. The standard InChI is InChI=1S/C10H21NO3.C8H16O.C2H6/c1-4-14-8-6-11-9(13)10(2,3)5-7-12;1-4-8(9)6-5-7(2)3;1-2/h12H,4-8H2,1-3H3,(H,11,13);7H,4-6H2,1-3H3;1-2H3. The summed E-state index contributed by atoms with van der Waals surface area (Å²) in [4.78, 5) is 22.3. The van der Waals surface area contributed by atoms with Crippen molar-refractivity contribution in [3.8, 4) is 0 Å². The molecule has 0 saturated carbocycles. The minimum absolute atomic E-state index is 0.0336. The zero-order valence-corrected chi connectivity index (χ0v) is 17.9. The van der Waals surface area contributed by atoms with Crippen molar-refractivity contribution in [2.75, 3.05) is 26.4 Å². The molecule has 0 bridgehead atoms. The van der Waals surface area contributed by atoms with E-state index in [2.05, 4.69) is 19.2 Å². The summed E-state index contributed by atoms with van der Waals surface area (Å²) in [5, 5.41) is 11.5. The van der Waals surface area contributed by atoms with E-state index in [9.17, 15) is 9.59 Å². The first-order valence-corrected chi connectivity index (χ1v) is 9.69. The van der Waals surface area contributed by atoms with E-state index >= 15 is 0 Å². The van der Waals surface area contributed by atoms with Gasteiger partial charge in [-0.2, -0.15) is 0 Å². The van der Waals surface area contributed by atoms with Crippen LogP contribution in [0.1, 0.15) is 81.1 Å². The Kier molecular flexibility index (Phi) is 22.4. The minimum atomic E-state index is -0.499. The van der Waals surface area contributed by atoms with Gasteiger partial charge in [0, 0.05) is 38.0 Å². The molecule has 0 unspecified atom stereocenters. The maximum Gasteiger partial charge on any atom is 0.225 e. The zero-order valence-electron chi connectivity index (χ0n) is 17.9. The molecule has 5 heteroatoms. The average Bonchev–Trinajstić information content (AvgIpc) is 2.58. The molecule has 0 aliphatic rings. The Balaban J connectivity index is -0.000000380. The first-order chi connectivity index (χ1) is 11.7. The van der Waals surface area contributed by atoms with Gasteiger partial charge in [-0.3, -0.25) is 9.59 Å². The molecule has 0 rings (SSSR count). The summed E-state index contributed by atoms with van der Waals surface area (Å²) in [6, 6.07) is 0. The van der Waals surface area contributed by atoms with Gasteiger partial charge in [-0.15, -0.1) is 0 Å². The fourth-order valence-corrected chi connectivity index (χ4v) is 1.64. The van der Waals surface area contributed by atoms with E-state index < -0.39 is 5.41 Å². The van der Waals surface area contributed by atoms with Crippen molar-refractivity contribution >= 4 is 11.7 Å². The summed E-state index contributed by atoms with van der Waals surface area (Å²) in [7, 11) is 0. The molecular weight excluding hydrogens is 318 g/mol. The van der Waals surface area contributed by atoms with Crippen LogP contribution in [0.2, 0.25) is 0 Å². The molecule has 1 amide bonds. The van der Waals surface area contributed by atoms with Crippen molar-refractivity contribution in [1.82, 2.24) is 5.32 Å². The second kappa shape index (κ2) is 19.4. The highest BCUT2D eigenvalue weighted by molar-refractivity contribution is 5.81. The molecule has 5 nitrogen and oxygen atoms in total. The number of aliphatic hydroxyl groups excluding tert-OH is 1. The molecule has 25 heavy (non-hydrogen) atoms. The van der Waals surface area contributed by atoms with Gasteiger partial charge >= 0.3 is 0 Å². The third-order valence-electron chi connectivity index (χ3n) is 3.48. The van der Waals surface area contributed by atoms with E-state index in [-0.39, 0.29) is 12.5 Å². The highest BCUT2D eigenvalue weighted by Gasteiger charge is 2.26. The molecule has 0 aromatic rings. The van der Waals surface area contributed by atoms with Gasteiger partial charge in [0.05, 0.1) is 6.61 Å². The van der Waals surface area contributed by atoms with Crippen molar-refractivity contribution in [3.63, 3.8) is 0 Å². The lowest BCUT2D eigenvalue weighted by Crippen LogP contribution is -2.39. The molecule has 0 heterocycles. The van der Waals surface area contributed by atoms with Crippen LogP contribution in [0.5, 0.6) is 0 Å². The van der Waals surface area contributed by atoms with Crippen molar-refractivity contribution in [3.05, 3.63) is 0 Å². The van der Waals surface area contributed by atoms with Crippen LogP contribution in [-0.4, -0.2) is 43.2 Å². The smallest absolute Gasteiger partial charge is 0.225 e. The molecule has 0 saturated heterocycles. The normalized spacial score (nSPS) is 10.3. The maximum atomic E-state index is 11.5. The van der Waals surface area contributed by atoms with Crippen LogP contribution >= 0.6 is 0 Å². The number of aliphatic hydroxyl groups is 1. The highest BCUT2D eigenvalue weighted by Crippen LogP contribution is 2.19. The number of ketones is 1. The predicted octanol–water partition coefficient (Wildman–Crippen LogP) is 3.98. The Hall–Kier alpha value is -0.940. The van der Waals surface area contributed by atoms with E-state index in [1.54, 1.807) is 0 Å². The van der Waals surface area contributed by atoms with Crippen LogP contribution in [0.25, 0.3) is 0 Å². The van der Waals surface area contributed by atoms with Crippen molar-refractivity contribution < 1.29 is 19.4 Å². The van der Waals surface area contributed by atoms with Gasteiger partial charge in [0.2, 0.25) is 5.91 Å². The molecule has 152 valence electrons. The number of amides is 1. The van der Waals surface area contributed by atoms with Gasteiger partial charge in [-0.05, 0) is 25.7 Å². The van der Waals surface area contributed by atoms with Crippen LogP contribution in [0, 0.1) is 11.3 Å². The second-order valence-corrected chi connectivity index (χ2v) is 6.64. The summed E-state index contributed by atoms with van der Waals surface area (Å²) in [5.41, 5.74) is -0.499. The Morgan fingerprint density at radius 3 is 2.12 bits per heavy atom. The van der Waals surface area contributed by atoms with Gasteiger partial charge in [0.15, 0.2) is 0 Å². The van der Waals surface area contributed by atoms with Crippen LogP contribution in [0.4, 0.5) is 0 Å². The monoisotopic (exact) mass is 361 g/mol. The van der Waals surface area contributed by atoms with E-state index in [0.717, 1.165) is 12.8 Å². The van der Waals surface area contributed by atoms with Crippen LogP contribution in [-0.2, 0) is 14.3 Å². The largest absolute Gasteiger partial charge is 0.396 e.